The molecule has 134 valence electrons. The van der Waals surface area contributed by atoms with E-state index in [1.165, 1.54) is 11.3 Å². The topological polar surface area (TPSA) is 67.4 Å². The van der Waals surface area contributed by atoms with Crippen molar-refractivity contribution in [3.8, 4) is 5.75 Å². The second-order valence-electron chi connectivity index (χ2n) is 5.11. The molecule has 0 aliphatic rings. The van der Waals surface area contributed by atoms with Crippen LogP contribution in [0.4, 0.5) is 0 Å². The van der Waals surface area contributed by atoms with E-state index in [9.17, 15) is 9.59 Å². The molecule has 3 aromatic rings. The number of rotatable bonds is 4. The number of carbonyl (C=O) groups excluding carboxylic acids is 2. The van der Waals surface area contributed by atoms with Gasteiger partial charge in [-0.3, -0.25) is 20.4 Å². The van der Waals surface area contributed by atoms with Crippen LogP contribution in [0.25, 0.3) is 10.1 Å². The third-order valence-corrected chi connectivity index (χ3v) is 6.10. The highest BCUT2D eigenvalue weighted by Crippen LogP contribution is 2.34. The fourth-order valence-electron chi connectivity index (χ4n) is 2.11. The first kappa shape index (κ1) is 19.2. The minimum atomic E-state index is -0.495. The van der Waals surface area contributed by atoms with E-state index in [-0.39, 0.29) is 6.61 Å². The molecule has 2 amide bonds. The van der Waals surface area contributed by atoms with Crippen molar-refractivity contribution in [3.63, 3.8) is 0 Å². The van der Waals surface area contributed by atoms with Gasteiger partial charge >= 0.3 is 0 Å². The van der Waals surface area contributed by atoms with E-state index < -0.39 is 11.8 Å². The van der Waals surface area contributed by atoms with Crippen LogP contribution in [-0.2, 0) is 4.79 Å². The van der Waals surface area contributed by atoms with Crippen LogP contribution in [-0.4, -0.2) is 18.4 Å². The summed E-state index contributed by atoms with van der Waals surface area (Å²) >= 11 is 14.2. The third-order valence-electron chi connectivity index (χ3n) is 3.31. The Morgan fingerprint density at radius 2 is 1.88 bits per heavy atom. The Bertz CT molecular complexity index is 993. The van der Waals surface area contributed by atoms with E-state index in [0.29, 0.717) is 20.1 Å². The van der Waals surface area contributed by atoms with Gasteiger partial charge < -0.3 is 4.74 Å². The maximum Gasteiger partial charge on any atom is 0.281 e. The zero-order valence-corrected chi connectivity index (χ0v) is 17.8. The summed E-state index contributed by atoms with van der Waals surface area (Å²) in [5, 5.41) is 1.17. The summed E-state index contributed by atoms with van der Waals surface area (Å²) in [5.41, 5.74) is 4.66. The molecular weight excluding hydrogens is 508 g/mol. The Kier molecular flexibility index (Phi) is 6.18. The molecule has 0 atom stereocenters. The summed E-state index contributed by atoms with van der Waals surface area (Å²) in [6.07, 6.45) is 0. The number of fused-ring (bicyclic) bond motifs is 1. The molecule has 0 saturated carbocycles. The molecule has 0 aliphatic carbocycles. The maximum absolute atomic E-state index is 12.3. The predicted octanol–water partition coefficient (Wildman–Crippen LogP) is 4.92. The van der Waals surface area contributed by atoms with E-state index >= 15 is 0 Å². The Labute approximate surface area is 174 Å². The number of thiophene rings is 1. The minimum absolute atomic E-state index is 0.249. The SMILES string of the molecule is O=C(COc1ccc(Br)cc1Br)NNC(=O)c1sc2ccccc2c1Cl. The van der Waals surface area contributed by atoms with Gasteiger partial charge in [0.15, 0.2) is 6.61 Å². The van der Waals surface area contributed by atoms with Crippen LogP contribution in [0.2, 0.25) is 5.02 Å². The zero-order chi connectivity index (χ0) is 18.7. The summed E-state index contributed by atoms with van der Waals surface area (Å²) in [7, 11) is 0. The molecule has 0 spiro atoms. The lowest BCUT2D eigenvalue weighted by Crippen LogP contribution is -2.43. The van der Waals surface area contributed by atoms with Crippen molar-refractivity contribution in [2.24, 2.45) is 0 Å². The van der Waals surface area contributed by atoms with Gasteiger partial charge in [0.25, 0.3) is 11.8 Å². The van der Waals surface area contributed by atoms with Gasteiger partial charge in [0, 0.05) is 14.6 Å². The van der Waals surface area contributed by atoms with Gasteiger partial charge in [-0.1, -0.05) is 45.7 Å². The van der Waals surface area contributed by atoms with Crippen molar-refractivity contribution in [2.75, 3.05) is 6.61 Å². The van der Waals surface area contributed by atoms with Crippen LogP contribution < -0.4 is 15.6 Å². The van der Waals surface area contributed by atoms with E-state index in [4.69, 9.17) is 16.3 Å². The van der Waals surface area contributed by atoms with Gasteiger partial charge in [-0.2, -0.15) is 0 Å². The summed E-state index contributed by atoms with van der Waals surface area (Å²) < 4.78 is 7.90. The summed E-state index contributed by atoms with van der Waals surface area (Å²) in [6, 6.07) is 12.8. The van der Waals surface area contributed by atoms with Crippen LogP contribution in [0.15, 0.2) is 51.4 Å². The van der Waals surface area contributed by atoms with Crippen molar-refractivity contribution >= 4 is 76.7 Å². The normalized spacial score (nSPS) is 10.6. The lowest BCUT2D eigenvalue weighted by molar-refractivity contribution is -0.123. The molecule has 0 unspecified atom stereocenters. The highest BCUT2D eigenvalue weighted by atomic mass is 79.9. The average Bonchev–Trinajstić information content (AvgIpc) is 2.96. The lowest BCUT2D eigenvalue weighted by atomic mass is 10.2. The van der Waals surface area contributed by atoms with E-state index in [0.717, 1.165) is 14.6 Å². The molecule has 0 aliphatic heterocycles. The number of halogens is 3. The third kappa shape index (κ3) is 4.37. The van der Waals surface area contributed by atoms with Gasteiger partial charge in [0.1, 0.15) is 10.6 Å². The second kappa shape index (κ2) is 8.39. The predicted molar refractivity (Wildman–Crippen MR) is 110 cm³/mol. The Morgan fingerprint density at radius 3 is 2.62 bits per heavy atom. The molecule has 9 heteroatoms. The molecule has 26 heavy (non-hydrogen) atoms. The van der Waals surface area contributed by atoms with E-state index in [2.05, 4.69) is 42.7 Å². The highest BCUT2D eigenvalue weighted by Gasteiger charge is 2.17. The van der Waals surface area contributed by atoms with Crippen molar-refractivity contribution in [2.45, 2.75) is 0 Å². The molecule has 0 bridgehead atoms. The molecule has 0 radical (unpaired) electrons. The molecule has 1 heterocycles. The minimum Gasteiger partial charge on any atom is -0.483 e. The monoisotopic (exact) mass is 516 g/mol. The molecule has 1 aromatic heterocycles. The second-order valence-corrected chi connectivity index (χ2v) is 8.31. The molecule has 0 saturated heterocycles. The van der Waals surface area contributed by atoms with Crippen LogP contribution in [0, 0.1) is 0 Å². The largest absolute Gasteiger partial charge is 0.483 e. The zero-order valence-electron chi connectivity index (χ0n) is 13.0. The number of amides is 2. The lowest BCUT2D eigenvalue weighted by Gasteiger charge is -2.09. The number of carbonyl (C=O) groups is 2. The van der Waals surface area contributed by atoms with Crippen molar-refractivity contribution < 1.29 is 14.3 Å². The molecule has 0 fully saturated rings. The fourth-order valence-corrected chi connectivity index (χ4v) is 4.69. The van der Waals surface area contributed by atoms with Crippen LogP contribution in [0.1, 0.15) is 9.67 Å². The number of hydrazine groups is 1. The molecular formula is C17H11Br2ClN2O3S. The Hall–Kier alpha value is -1.61. The quantitative estimate of drug-likeness (QED) is 0.482. The summed E-state index contributed by atoms with van der Waals surface area (Å²) in [5.74, 6) is -0.456. The Morgan fingerprint density at radius 1 is 1.12 bits per heavy atom. The van der Waals surface area contributed by atoms with Gasteiger partial charge in [-0.05, 0) is 40.2 Å². The summed E-state index contributed by atoms with van der Waals surface area (Å²) in [6.45, 7) is -0.249. The first-order valence-corrected chi connectivity index (χ1v) is 10.1. The van der Waals surface area contributed by atoms with E-state index in [1.54, 1.807) is 18.2 Å². The van der Waals surface area contributed by atoms with Gasteiger partial charge in [0.2, 0.25) is 0 Å². The number of hydrogen-bond acceptors (Lipinski definition) is 4. The number of hydrogen-bond donors (Lipinski definition) is 2. The molecule has 5 nitrogen and oxygen atoms in total. The number of nitrogens with one attached hydrogen (secondary N) is 2. The maximum atomic E-state index is 12.3. The first-order chi connectivity index (χ1) is 12.5. The van der Waals surface area contributed by atoms with Crippen LogP contribution in [0.3, 0.4) is 0 Å². The number of ether oxygens (including phenoxy) is 1. The van der Waals surface area contributed by atoms with Crippen molar-refractivity contribution in [1.82, 2.24) is 10.9 Å². The Balaban J connectivity index is 1.56. The van der Waals surface area contributed by atoms with Gasteiger partial charge in [-0.15, -0.1) is 11.3 Å². The average molecular weight is 519 g/mol. The molecule has 2 N–H and O–H groups in total. The number of benzene rings is 2. The van der Waals surface area contributed by atoms with E-state index in [1.807, 2.05) is 24.3 Å². The first-order valence-electron chi connectivity index (χ1n) is 7.30. The van der Waals surface area contributed by atoms with Crippen molar-refractivity contribution in [3.05, 3.63) is 61.3 Å². The molecule has 3 rings (SSSR count). The summed E-state index contributed by atoms with van der Waals surface area (Å²) in [4.78, 5) is 24.5. The van der Waals surface area contributed by atoms with Crippen LogP contribution in [0.5, 0.6) is 5.75 Å². The van der Waals surface area contributed by atoms with Crippen molar-refractivity contribution in [1.29, 1.82) is 0 Å². The standard InChI is InChI=1S/C17H11Br2ClN2O3S/c18-9-5-6-12(11(19)7-9)25-8-14(23)21-22-17(24)16-15(20)10-3-1-2-4-13(10)26-16/h1-7H,8H2,(H,21,23)(H,22,24). The highest BCUT2D eigenvalue weighted by molar-refractivity contribution is 9.11. The fraction of sp³-hybridized carbons (Fsp3) is 0.0588. The molecule has 2 aromatic carbocycles. The van der Waals surface area contributed by atoms with Gasteiger partial charge in [-0.25, -0.2) is 0 Å². The smallest absolute Gasteiger partial charge is 0.281 e. The van der Waals surface area contributed by atoms with Crippen LogP contribution >= 0.6 is 54.8 Å². The van der Waals surface area contributed by atoms with Gasteiger partial charge in [0.05, 0.1) is 9.50 Å².